The zero-order valence-electron chi connectivity index (χ0n) is 12.7. The molecule has 3 aliphatic rings. The Morgan fingerprint density at radius 3 is 2.86 bits per heavy atom. The van der Waals surface area contributed by atoms with Crippen LogP contribution in [0.2, 0.25) is 0 Å². The van der Waals surface area contributed by atoms with E-state index < -0.39 is 0 Å². The molecule has 1 amide bonds. The second-order valence-electron chi connectivity index (χ2n) is 6.43. The van der Waals surface area contributed by atoms with Crippen molar-refractivity contribution in [1.29, 1.82) is 0 Å². The van der Waals surface area contributed by atoms with Crippen LogP contribution >= 0.6 is 0 Å². The quantitative estimate of drug-likeness (QED) is 0.858. The first-order valence-corrected chi connectivity index (χ1v) is 8.07. The molecule has 3 aliphatic heterocycles. The second kappa shape index (κ2) is 5.85. The highest BCUT2D eigenvalue weighted by molar-refractivity contribution is 5.82. The monoisotopic (exact) mass is 302 g/mol. The molecule has 6 nitrogen and oxygen atoms in total. The van der Waals surface area contributed by atoms with Crippen LogP contribution in [0.15, 0.2) is 18.3 Å². The summed E-state index contributed by atoms with van der Waals surface area (Å²) in [7, 11) is 0. The lowest BCUT2D eigenvalue weighted by Crippen LogP contribution is -2.35. The molecule has 1 aromatic rings. The zero-order chi connectivity index (χ0) is 14.9. The average molecular weight is 302 g/mol. The predicted octanol–water partition coefficient (Wildman–Crippen LogP) is 0.0960. The molecule has 0 aliphatic carbocycles. The molecule has 2 atom stereocenters. The van der Waals surface area contributed by atoms with Crippen molar-refractivity contribution in [1.82, 2.24) is 15.2 Å². The Labute approximate surface area is 130 Å². The first-order valence-electron chi connectivity index (χ1n) is 8.07. The number of aromatic nitrogens is 1. The number of anilines is 1. The van der Waals surface area contributed by atoms with Gasteiger partial charge in [0.1, 0.15) is 5.82 Å². The number of fused-ring (bicyclic) bond motifs is 1. The molecule has 0 bridgehead atoms. The Balaban J connectivity index is 1.38. The number of nitrogens with zero attached hydrogens (tertiary/aromatic N) is 3. The van der Waals surface area contributed by atoms with Crippen LogP contribution in [0, 0.1) is 11.8 Å². The molecular formula is C16H22N4O2. The molecule has 0 aromatic carbocycles. The summed E-state index contributed by atoms with van der Waals surface area (Å²) in [5, 5.41) is 2.95. The first kappa shape index (κ1) is 14.0. The lowest BCUT2D eigenvalue weighted by Gasteiger charge is -2.26. The van der Waals surface area contributed by atoms with E-state index in [0.29, 0.717) is 5.92 Å². The summed E-state index contributed by atoms with van der Waals surface area (Å²) in [6, 6.07) is 4.25. The van der Waals surface area contributed by atoms with E-state index in [2.05, 4.69) is 32.2 Å². The third kappa shape index (κ3) is 2.68. The highest BCUT2D eigenvalue weighted by Crippen LogP contribution is 2.30. The van der Waals surface area contributed by atoms with E-state index in [4.69, 9.17) is 4.74 Å². The molecule has 4 heterocycles. The van der Waals surface area contributed by atoms with E-state index in [1.165, 1.54) is 5.56 Å². The maximum Gasteiger partial charge on any atom is 0.225 e. The number of nitrogens with one attached hydrogen (secondary N) is 1. The molecule has 118 valence electrons. The van der Waals surface area contributed by atoms with E-state index >= 15 is 0 Å². The molecule has 6 heteroatoms. The first-order chi connectivity index (χ1) is 10.8. The topological polar surface area (TPSA) is 57.7 Å². The summed E-state index contributed by atoms with van der Waals surface area (Å²) < 4.78 is 5.37. The molecule has 0 saturated carbocycles. The lowest BCUT2D eigenvalue weighted by molar-refractivity contribution is -0.122. The van der Waals surface area contributed by atoms with Crippen molar-refractivity contribution in [3.8, 4) is 0 Å². The van der Waals surface area contributed by atoms with Crippen molar-refractivity contribution >= 4 is 11.7 Å². The molecule has 4 rings (SSSR count). The summed E-state index contributed by atoms with van der Waals surface area (Å²) >= 11 is 0. The fourth-order valence-electron chi connectivity index (χ4n) is 3.64. The normalized spacial score (nSPS) is 28.7. The third-order valence-electron chi connectivity index (χ3n) is 4.96. The van der Waals surface area contributed by atoms with Gasteiger partial charge in [0.15, 0.2) is 0 Å². The molecule has 22 heavy (non-hydrogen) atoms. The van der Waals surface area contributed by atoms with Gasteiger partial charge in [0.2, 0.25) is 5.91 Å². The number of ether oxygens (including phenoxy) is 1. The van der Waals surface area contributed by atoms with Crippen molar-refractivity contribution < 1.29 is 9.53 Å². The highest BCUT2D eigenvalue weighted by atomic mass is 16.5. The summed E-state index contributed by atoms with van der Waals surface area (Å²) in [6.07, 6.45) is 1.97. The average Bonchev–Trinajstić information content (AvgIpc) is 3.12. The fourth-order valence-corrected chi connectivity index (χ4v) is 3.64. The molecule has 0 radical (unpaired) electrons. The van der Waals surface area contributed by atoms with Gasteiger partial charge in [-0.25, -0.2) is 4.98 Å². The van der Waals surface area contributed by atoms with Crippen molar-refractivity contribution in [3.05, 3.63) is 23.9 Å². The molecule has 3 fully saturated rings. The van der Waals surface area contributed by atoms with Crippen LogP contribution in [-0.2, 0) is 16.1 Å². The minimum absolute atomic E-state index is 0.148. The van der Waals surface area contributed by atoms with Crippen molar-refractivity contribution in [3.63, 3.8) is 0 Å². The van der Waals surface area contributed by atoms with Gasteiger partial charge in [-0.2, -0.15) is 0 Å². The lowest BCUT2D eigenvalue weighted by atomic mass is 10.0. The zero-order valence-corrected chi connectivity index (χ0v) is 12.7. The molecule has 0 spiro atoms. The molecule has 1 aromatic heterocycles. The van der Waals surface area contributed by atoms with Crippen molar-refractivity contribution in [2.75, 3.05) is 50.8 Å². The van der Waals surface area contributed by atoms with Gasteiger partial charge in [0.05, 0.1) is 19.1 Å². The molecular weight excluding hydrogens is 280 g/mol. The van der Waals surface area contributed by atoms with Crippen LogP contribution < -0.4 is 10.2 Å². The van der Waals surface area contributed by atoms with Crippen LogP contribution in [0.25, 0.3) is 0 Å². The van der Waals surface area contributed by atoms with Gasteiger partial charge in [-0.05, 0) is 11.6 Å². The Kier molecular flexibility index (Phi) is 3.72. The van der Waals surface area contributed by atoms with E-state index in [1.54, 1.807) is 0 Å². The SMILES string of the molecule is O=C1NC[C@H]2CN(c3ccc(CN4CCOCC4)cn3)C[C@@H]12. The van der Waals surface area contributed by atoms with Gasteiger partial charge in [0, 0.05) is 51.4 Å². The number of morpholine rings is 1. The maximum atomic E-state index is 11.7. The van der Waals surface area contributed by atoms with E-state index in [1.807, 2.05) is 6.20 Å². The number of amides is 1. The van der Waals surface area contributed by atoms with E-state index in [0.717, 1.165) is 58.3 Å². The number of hydrogen-bond donors (Lipinski definition) is 1. The minimum atomic E-state index is 0.148. The van der Waals surface area contributed by atoms with Crippen LogP contribution in [0.1, 0.15) is 5.56 Å². The van der Waals surface area contributed by atoms with E-state index in [9.17, 15) is 4.79 Å². The fraction of sp³-hybridized carbons (Fsp3) is 0.625. The molecule has 1 N–H and O–H groups in total. The number of carbonyl (C=O) groups is 1. The van der Waals surface area contributed by atoms with Crippen LogP contribution in [-0.4, -0.2) is 61.7 Å². The number of carbonyl (C=O) groups excluding carboxylic acids is 1. The van der Waals surface area contributed by atoms with E-state index in [-0.39, 0.29) is 11.8 Å². The summed E-state index contributed by atoms with van der Waals surface area (Å²) in [4.78, 5) is 21.0. The van der Waals surface area contributed by atoms with Crippen molar-refractivity contribution in [2.24, 2.45) is 11.8 Å². The third-order valence-corrected chi connectivity index (χ3v) is 4.96. The minimum Gasteiger partial charge on any atom is -0.379 e. The van der Waals surface area contributed by atoms with Gasteiger partial charge in [-0.1, -0.05) is 6.07 Å². The summed E-state index contributed by atoms with van der Waals surface area (Å²) in [6.45, 7) is 7.11. The summed E-state index contributed by atoms with van der Waals surface area (Å²) in [5.74, 6) is 1.79. The second-order valence-corrected chi connectivity index (χ2v) is 6.43. The number of pyridine rings is 1. The smallest absolute Gasteiger partial charge is 0.225 e. The maximum absolute atomic E-state index is 11.7. The number of hydrogen-bond acceptors (Lipinski definition) is 5. The van der Waals surface area contributed by atoms with Crippen LogP contribution in [0.4, 0.5) is 5.82 Å². The Morgan fingerprint density at radius 2 is 2.14 bits per heavy atom. The van der Waals surface area contributed by atoms with Gasteiger partial charge >= 0.3 is 0 Å². The Bertz CT molecular complexity index is 542. The van der Waals surface area contributed by atoms with Crippen LogP contribution in [0.5, 0.6) is 0 Å². The molecule has 3 saturated heterocycles. The molecule has 0 unspecified atom stereocenters. The van der Waals surface area contributed by atoms with Gasteiger partial charge in [-0.15, -0.1) is 0 Å². The summed E-state index contributed by atoms with van der Waals surface area (Å²) in [5.41, 5.74) is 1.24. The largest absolute Gasteiger partial charge is 0.379 e. The predicted molar refractivity (Wildman–Crippen MR) is 82.5 cm³/mol. The standard InChI is InChI=1S/C16H22N4O2/c21-16-14-11-20(10-13(14)8-18-16)15-2-1-12(7-17-15)9-19-3-5-22-6-4-19/h1-2,7,13-14H,3-6,8-11H2,(H,18,21)/t13-,14+/m0/s1. The Morgan fingerprint density at radius 1 is 1.27 bits per heavy atom. The van der Waals surface area contributed by atoms with Gasteiger partial charge in [0.25, 0.3) is 0 Å². The van der Waals surface area contributed by atoms with Gasteiger partial charge < -0.3 is 15.0 Å². The highest BCUT2D eigenvalue weighted by Gasteiger charge is 2.42. The van der Waals surface area contributed by atoms with Crippen LogP contribution in [0.3, 0.4) is 0 Å². The van der Waals surface area contributed by atoms with Gasteiger partial charge in [-0.3, -0.25) is 9.69 Å². The Hall–Kier alpha value is -1.66. The van der Waals surface area contributed by atoms with Crippen molar-refractivity contribution in [2.45, 2.75) is 6.54 Å². The number of rotatable bonds is 3.